The van der Waals surface area contributed by atoms with E-state index in [0.717, 1.165) is 62.9 Å². The van der Waals surface area contributed by atoms with Crippen LogP contribution in [0.4, 0.5) is 5.95 Å². The van der Waals surface area contributed by atoms with Crippen LogP contribution in [0, 0.1) is 0 Å². The number of aromatic nitrogens is 3. The van der Waals surface area contributed by atoms with E-state index < -0.39 is 0 Å². The molecular formula is C20H26N6. The molecule has 0 radical (unpaired) electrons. The first kappa shape index (κ1) is 17.0. The molecule has 0 atom stereocenters. The molecule has 1 aliphatic heterocycles. The quantitative estimate of drug-likeness (QED) is 0.738. The minimum Gasteiger partial charge on any atom is -0.354 e. The van der Waals surface area contributed by atoms with Crippen molar-refractivity contribution in [2.45, 2.75) is 6.54 Å². The Morgan fingerprint density at radius 1 is 1.00 bits per heavy atom. The molecule has 1 saturated heterocycles. The van der Waals surface area contributed by atoms with E-state index in [4.69, 9.17) is 4.98 Å². The SMILES string of the molecule is CN1CCN(CCNc2nc3cccnc3n2Cc2ccccc2)CC1. The summed E-state index contributed by atoms with van der Waals surface area (Å²) in [4.78, 5) is 14.2. The van der Waals surface area contributed by atoms with Gasteiger partial charge in [0.1, 0.15) is 5.52 Å². The van der Waals surface area contributed by atoms with Crippen molar-refractivity contribution in [3.8, 4) is 0 Å². The molecule has 6 nitrogen and oxygen atoms in total. The third-order valence-electron chi connectivity index (χ3n) is 4.99. The van der Waals surface area contributed by atoms with Gasteiger partial charge in [-0.25, -0.2) is 9.97 Å². The van der Waals surface area contributed by atoms with E-state index in [9.17, 15) is 0 Å². The van der Waals surface area contributed by atoms with Crippen LogP contribution in [0.2, 0.25) is 0 Å². The molecule has 2 aromatic heterocycles. The first-order chi connectivity index (χ1) is 12.8. The normalized spacial score (nSPS) is 16.2. The van der Waals surface area contributed by atoms with Crippen molar-refractivity contribution in [2.24, 2.45) is 0 Å². The second kappa shape index (κ2) is 7.85. The van der Waals surface area contributed by atoms with Crippen molar-refractivity contribution in [3.63, 3.8) is 0 Å². The summed E-state index contributed by atoms with van der Waals surface area (Å²) in [6.45, 7) is 7.27. The number of nitrogens with one attached hydrogen (secondary N) is 1. The molecule has 0 spiro atoms. The topological polar surface area (TPSA) is 49.2 Å². The van der Waals surface area contributed by atoms with Gasteiger partial charge in [0.15, 0.2) is 5.65 Å². The van der Waals surface area contributed by atoms with E-state index in [1.807, 2.05) is 24.4 Å². The number of nitrogens with zero attached hydrogens (tertiary/aromatic N) is 5. The van der Waals surface area contributed by atoms with Crippen molar-refractivity contribution in [1.29, 1.82) is 0 Å². The van der Waals surface area contributed by atoms with E-state index in [1.165, 1.54) is 5.56 Å². The number of likely N-dealkylation sites (N-methyl/N-ethyl adjacent to an activating group) is 1. The average molecular weight is 350 g/mol. The van der Waals surface area contributed by atoms with Crippen molar-refractivity contribution >= 4 is 17.1 Å². The summed E-state index contributed by atoms with van der Waals surface area (Å²) in [7, 11) is 2.19. The first-order valence-corrected chi connectivity index (χ1v) is 9.29. The van der Waals surface area contributed by atoms with Crippen LogP contribution in [0.3, 0.4) is 0 Å². The lowest BCUT2D eigenvalue weighted by Crippen LogP contribution is -2.45. The summed E-state index contributed by atoms with van der Waals surface area (Å²) in [5, 5.41) is 3.54. The third kappa shape index (κ3) is 3.86. The number of benzene rings is 1. The van der Waals surface area contributed by atoms with Gasteiger partial charge in [-0.3, -0.25) is 9.47 Å². The number of imidazole rings is 1. The highest BCUT2D eigenvalue weighted by atomic mass is 15.3. The maximum absolute atomic E-state index is 4.77. The maximum atomic E-state index is 4.77. The summed E-state index contributed by atoms with van der Waals surface area (Å²) < 4.78 is 2.18. The molecule has 1 N–H and O–H groups in total. The van der Waals surface area contributed by atoms with Gasteiger partial charge >= 0.3 is 0 Å². The molecule has 136 valence electrons. The van der Waals surface area contributed by atoms with Crippen LogP contribution < -0.4 is 5.32 Å². The third-order valence-corrected chi connectivity index (χ3v) is 4.99. The molecule has 6 heteroatoms. The van der Waals surface area contributed by atoms with Gasteiger partial charge in [-0.15, -0.1) is 0 Å². The number of anilines is 1. The van der Waals surface area contributed by atoms with E-state index in [-0.39, 0.29) is 0 Å². The van der Waals surface area contributed by atoms with Crippen LogP contribution in [0.25, 0.3) is 11.2 Å². The van der Waals surface area contributed by atoms with Crippen LogP contribution >= 0.6 is 0 Å². The lowest BCUT2D eigenvalue weighted by molar-refractivity contribution is 0.158. The summed E-state index contributed by atoms with van der Waals surface area (Å²) in [6, 6.07) is 14.4. The first-order valence-electron chi connectivity index (χ1n) is 9.29. The fraction of sp³-hybridized carbons (Fsp3) is 0.400. The minimum absolute atomic E-state index is 0.769. The molecule has 26 heavy (non-hydrogen) atoms. The van der Waals surface area contributed by atoms with Gasteiger partial charge in [-0.2, -0.15) is 0 Å². The molecular weight excluding hydrogens is 324 g/mol. The molecule has 0 aliphatic carbocycles. The van der Waals surface area contributed by atoms with Gasteiger partial charge in [0.25, 0.3) is 0 Å². The predicted octanol–water partition coefficient (Wildman–Crippen LogP) is 2.14. The molecule has 0 bridgehead atoms. The van der Waals surface area contributed by atoms with Crippen molar-refractivity contribution in [3.05, 3.63) is 54.2 Å². The highest BCUT2D eigenvalue weighted by Gasteiger charge is 2.15. The number of pyridine rings is 1. The molecule has 3 heterocycles. The van der Waals surface area contributed by atoms with Gasteiger partial charge in [0.2, 0.25) is 5.95 Å². The fourth-order valence-electron chi connectivity index (χ4n) is 3.41. The zero-order valence-electron chi connectivity index (χ0n) is 15.3. The van der Waals surface area contributed by atoms with Gasteiger partial charge in [0, 0.05) is 45.5 Å². The van der Waals surface area contributed by atoms with E-state index in [1.54, 1.807) is 0 Å². The highest BCUT2D eigenvalue weighted by Crippen LogP contribution is 2.19. The lowest BCUT2D eigenvalue weighted by atomic mass is 10.2. The van der Waals surface area contributed by atoms with Gasteiger partial charge in [-0.1, -0.05) is 30.3 Å². The average Bonchev–Trinajstić information content (AvgIpc) is 3.02. The van der Waals surface area contributed by atoms with E-state index in [0.29, 0.717) is 0 Å². The Hall–Kier alpha value is -2.44. The van der Waals surface area contributed by atoms with Gasteiger partial charge < -0.3 is 10.2 Å². The molecule has 0 unspecified atom stereocenters. The maximum Gasteiger partial charge on any atom is 0.205 e. The van der Waals surface area contributed by atoms with Gasteiger partial charge in [-0.05, 0) is 24.7 Å². The standard InChI is InChI=1S/C20H26N6/c1-24-12-14-25(15-13-24)11-10-22-20-23-18-8-5-9-21-19(18)26(20)16-17-6-3-2-4-7-17/h2-9H,10-16H2,1H3,(H,22,23). The highest BCUT2D eigenvalue weighted by molar-refractivity contribution is 5.74. The smallest absolute Gasteiger partial charge is 0.205 e. The van der Waals surface area contributed by atoms with Crippen LogP contribution in [0.5, 0.6) is 0 Å². The summed E-state index contributed by atoms with van der Waals surface area (Å²) in [5.41, 5.74) is 3.11. The number of hydrogen-bond acceptors (Lipinski definition) is 5. The Bertz CT molecular complexity index is 836. The van der Waals surface area contributed by atoms with Gasteiger partial charge in [0.05, 0.1) is 6.54 Å². The minimum atomic E-state index is 0.769. The molecule has 1 fully saturated rings. The molecule has 4 rings (SSSR count). The number of hydrogen-bond donors (Lipinski definition) is 1. The molecule has 0 saturated carbocycles. The molecule has 1 aromatic carbocycles. The number of piperazine rings is 1. The second-order valence-corrected chi connectivity index (χ2v) is 6.92. The Morgan fingerprint density at radius 3 is 2.62 bits per heavy atom. The van der Waals surface area contributed by atoms with Crippen molar-refractivity contribution in [1.82, 2.24) is 24.3 Å². The summed E-state index contributed by atoms with van der Waals surface area (Å²) in [5.74, 6) is 0.900. The van der Waals surface area contributed by atoms with E-state index in [2.05, 4.69) is 56.0 Å². The van der Waals surface area contributed by atoms with Crippen LogP contribution in [0.1, 0.15) is 5.56 Å². The fourth-order valence-corrected chi connectivity index (χ4v) is 3.41. The zero-order chi connectivity index (χ0) is 17.8. The summed E-state index contributed by atoms with van der Waals surface area (Å²) >= 11 is 0. The Balaban J connectivity index is 1.48. The Labute approximate surface area is 154 Å². The second-order valence-electron chi connectivity index (χ2n) is 6.92. The van der Waals surface area contributed by atoms with Crippen molar-refractivity contribution in [2.75, 3.05) is 51.6 Å². The lowest BCUT2D eigenvalue weighted by Gasteiger charge is -2.32. The monoisotopic (exact) mass is 350 g/mol. The predicted molar refractivity (Wildman–Crippen MR) is 105 cm³/mol. The molecule has 3 aromatic rings. The van der Waals surface area contributed by atoms with Crippen LogP contribution in [-0.4, -0.2) is 70.7 Å². The molecule has 1 aliphatic rings. The largest absolute Gasteiger partial charge is 0.354 e. The van der Waals surface area contributed by atoms with Crippen molar-refractivity contribution < 1.29 is 0 Å². The Kier molecular flexibility index (Phi) is 5.13. The Morgan fingerprint density at radius 2 is 1.81 bits per heavy atom. The molecule has 0 amide bonds. The number of rotatable bonds is 6. The summed E-state index contributed by atoms with van der Waals surface area (Å²) in [6.07, 6.45) is 1.83. The van der Waals surface area contributed by atoms with Crippen LogP contribution in [0.15, 0.2) is 48.7 Å². The number of fused-ring (bicyclic) bond motifs is 1. The van der Waals surface area contributed by atoms with E-state index >= 15 is 0 Å². The van der Waals surface area contributed by atoms with Crippen LogP contribution in [-0.2, 0) is 6.54 Å². The zero-order valence-corrected chi connectivity index (χ0v) is 15.3.